The minimum Gasteiger partial charge on any atom is -0.459 e. The van der Waals surface area contributed by atoms with Crippen molar-refractivity contribution in [3.05, 3.63) is 12.2 Å². The van der Waals surface area contributed by atoms with Crippen molar-refractivity contribution in [3.8, 4) is 0 Å². The molecule has 0 saturated heterocycles. The Morgan fingerprint density at radius 3 is 2.65 bits per heavy atom. The van der Waals surface area contributed by atoms with Gasteiger partial charge in [0, 0.05) is 12.0 Å². The molecule has 0 radical (unpaired) electrons. The van der Waals surface area contributed by atoms with E-state index in [1.54, 1.807) is 20.8 Å². The molecule has 1 rings (SSSR count). The van der Waals surface area contributed by atoms with Gasteiger partial charge in [0.25, 0.3) is 0 Å². The van der Waals surface area contributed by atoms with Crippen LogP contribution in [0.15, 0.2) is 12.2 Å². The van der Waals surface area contributed by atoms with Crippen LogP contribution in [0.4, 0.5) is 0 Å². The van der Waals surface area contributed by atoms with Crippen LogP contribution in [-0.4, -0.2) is 35.0 Å². The number of carbonyl (C=O) groups excluding carboxylic acids is 1. The maximum atomic E-state index is 11.6. The van der Waals surface area contributed by atoms with Crippen LogP contribution in [0.1, 0.15) is 59.8 Å². The number of hydrogen-bond donors (Lipinski definition) is 1. The third kappa shape index (κ3) is 5.25. The Morgan fingerprint density at radius 2 is 2.15 bits per heavy atom. The van der Waals surface area contributed by atoms with Crippen LogP contribution in [0.25, 0.3) is 0 Å². The first kappa shape index (κ1) is 17.2. The molecule has 2 unspecified atom stereocenters. The Morgan fingerprint density at radius 1 is 1.50 bits per heavy atom. The SMILES string of the molecule is C=C(C)C(=O)OC1CCCC(CC)(OCC(C)(C)O)C1. The molecular formula is C16H28O4. The quantitative estimate of drug-likeness (QED) is 0.602. The van der Waals surface area contributed by atoms with Crippen molar-refractivity contribution < 1.29 is 19.4 Å². The van der Waals surface area contributed by atoms with Crippen molar-refractivity contribution >= 4 is 5.97 Å². The van der Waals surface area contributed by atoms with E-state index in [2.05, 4.69) is 13.5 Å². The number of aliphatic hydroxyl groups is 1. The number of esters is 1. The minimum atomic E-state index is -0.844. The van der Waals surface area contributed by atoms with Gasteiger partial charge < -0.3 is 14.6 Å². The van der Waals surface area contributed by atoms with Crippen molar-refractivity contribution in [1.82, 2.24) is 0 Å². The van der Waals surface area contributed by atoms with Crippen LogP contribution in [0, 0.1) is 0 Å². The molecule has 4 nitrogen and oxygen atoms in total. The van der Waals surface area contributed by atoms with Gasteiger partial charge in [-0.3, -0.25) is 0 Å². The fourth-order valence-corrected chi connectivity index (χ4v) is 2.51. The van der Waals surface area contributed by atoms with Crippen LogP contribution >= 0.6 is 0 Å². The molecule has 0 spiro atoms. The predicted octanol–water partition coefficient (Wildman–Crippen LogP) is 2.98. The van der Waals surface area contributed by atoms with E-state index in [9.17, 15) is 9.90 Å². The van der Waals surface area contributed by atoms with Crippen LogP contribution in [0.3, 0.4) is 0 Å². The number of rotatable bonds is 6. The summed E-state index contributed by atoms with van der Waals surface area (Å²) in [5.74, 6) is -0.329. The van der Waals surface area contributed by atoms with Gasteiger partial charge in [-0.2, -0.15) is 0 Å². The molecule has 4 heteroatoms. The second kappa shape index (κ2) is 6.72. The largest absolute Gasteiger partial charge is 0.459 e. The van der Waals surface area contributed by atoms with Crippen molar-refractivity contribution in [2.45, 2.75) is 77.1 Å². The maximum Gasteiger partial charge on any atom is 0.333 e. The molecule has 0 aromatic rings. The van der Waals surface area contributed by atoms with Crippen LogP contribution in [0.2, 0.25) is 0 Å². The van der Waals surface area contributed by atoms with Gasteiger partial charge in [0.2, 0.25) is 0 Å². The zero-order chi connectivity index (χ0) is 15.4. The summed E-state index contributed by atoms with van der Waals surface area (Å²) in [7, 11) is 0. The second-order valence-electron chi connectivity index (χ2n) is 6.54. The summed E-state index contributed by atoms with van der Waals surface area (Å²) < 4.78 is 11.5. The average Bonchev–Trinajstić information content (AvgIpc) is 2.36. The number of hydrogen-bond acceptors (Lipinski definition) is 4. The zero-order valence-electron chi connectivity index (χ0n) is 13.2. The standard InChI is InChI=1S/C16H28O4/c1-6-16(19-11-15(4,5)18)9-7-8-13(10-16)20-14(17)12(2)3/h13,18H,2,6-11H2,1,3-5H3. The van der Waals surface area contributed by atoms with E-state index in [4.69, 9.17) is 9.47 Å². The summed E-state index contributed by atoms with van der Waals surface area (Å²) in [6.45, 7) is 11.1. The van der Waals surface area contributed by atoms with Gasteiger partial charge in [0.15, 0.2) is 0 Å². The fraction of sp³-hybridized carbons (Fsp3) is 0.812. The Kier molecular flexibility index (Phi) is 5.78. The van der Waals surface area contributed by atoms with E-state index < -0.39 is 5.60 Å². The first-order valence-corrected chi connectivity index (χ1v) is 7.40. The lowest BCUT2D eigenvalue weighted by Crippen LogP contribution is -2.44. The molecule has 1 fully saturated rings. The zero-order valence-corrected chi connectivity index (χ0v) is 13.2. The third-order valence-corrected chi connectivity index (χ3v) is 3.76. The Labute approximate surface area is 122 Å². The molecule has 0 aromatic heterocycles. The molecule has 0 aliphatic heterocycles. The average molecular weight is 284 g/mol. The molecule has 1 saturated carbocycles. The van der Waals surface area contributed by atoms with E-state index in [0.717, 1.165) is 25.7 Å². The molecular weight excluding hydrogens is 256 g/mol. The Balaban J connectivity index is 2.63. The highest BCUT2D eigenvalue weighted by atomic mass is 16.5. The fourth-order valence-electron chi connectivity index (χ4n) is 2.51. The number of ether oxygens (including phenoxy) is 2. The molecule has 1 aliphatic rings. The summed E-state index contributed by atoms with van der Waals surface area (Å²) in [5, 5.41) is 9.82. The highest BCUT2D eigenvalue weighted by Crippen LogP contribution is 2.36. The van der Waals surface area contributed by atoms with Crippen LogP contribution < -0.4 is 0 Å². The molecule has 1 N–H and O–H groups in total. The van der Waals surface area contributed by atoms with Crippen molar-refractivity contribution in [3.63, 3.8) is 0 Å². The Hall–Kier alpha value is -0.870. The summed E-state index contributed by atoms with van der Waals surface area (Å²) in [6.07, 6.45) is 4.21. The molecule has 1 aliphatic carbocycles. The van der Waals surface area contributed by atoms with Crippen molar-refractivity contribution in [2.75, 3.05) is 6.61 Å². The van der Waals surface area contributed by atoms with E-state index in [-0.39, 0.29) is 17.7 Å². The summed E-state index contributed by atoms with van der Waals surface area (Å²) in [4.78, 5) is 11.6. The molecule has 0 amide bonds. The van der Waals surface area contributed by atoms with E-state index >= 15 is 0 Å². The van der Waals surface area contributed by atoms with Crippen LogP contribution in [0.5, 0.6) is 0 Å². The molecule has 0 heterocycles. The summed E-state index contributed by atoms with van der Waals surface area (Å²) in [5.41, 5.74) is -0.711. The molecule has 0 bridgehead atoms. The lowest BCUT2D eigenvalue weighted by Gasteiger charge is -2.41. The summed E-state index contributed by atoms with van der Waals surface area (Å²) in [6, 6.07) is 0. The topological polar surface area (TPSA) is 55.8 Å². The third-order valence-electron chi connectivity index (χ3n) is 3.76. The summed E-state index contributed by atoms with van der Waals surface area (Å²) >= 11 is 0. The van der Waals surface area contributed by atoms with Gasteiger partial charge in [-0.1, -0.05) is 13.5 Å². The maximum absolute atomic E-state index is 11.6. The monoisotopic (exact) mass is 284 g/mol. The van der Waals surface area contributed by atoms with Crippen molar-refractivity contribution in [2.24, 2.45) is 0 Å². The van der Waals surface area contributed by atoms with Gasteiger partial charge in [-0.25, -0.2) is 4.79 Å². The normalized spacial score (nSPS) is 27.1. The molecule has 116 valence electrons. The first-order chi connectivity index (χ1) is 9.17. The van der Waals surface area contributed by atoms with Crippen LogP contribution in [-0.2, 0) is 14.3 Å². The smallest absolute Gasteiger partial charge is 0.333 e. The molecule has 2 atom stereocenters. The highest BCUT2D eigenvalue weighted by molar-refractivity contribution is 5.87. The number of carbonyl (C=O) groups is 1. The van der Waals surface area contributed by atoms with E-state index in [1.807, 2.05) is 0 Å². The van der Waals surface area contributed by atoms with E-state index in [1.165, 1.54) is 0 Å². The van der Waals surface area contributed by atoms with Gasteiger partial charge in [-0.15, -0.1) is 0 Å². The predicted molar refractivity (Wildman–Crippen MR) is 78.4 cm³/mol. The molecule has 20 heavy (non-hydrogen) atoms. The van der Waals surface area contributed by atoms with E-state index in [0.29, 0.717) is 18.6 Å². The Bertz CT molecular complexity index is 356. The van der Waals surface area contributed by atoms with Gasteiger partial charge in [-0.05, 0) is 46.5 Å². The van der Waals surface area contributed by atoms with Crippen molar-refractivity contribution in [1.29, 1.82) is 0 Å². The first-order valence-electron chi connectivity index (χ1n) is 7.40. The van der Waals surface area contributed by atoms with Gasteiger partial charge in [0.1, 0.15) is 6.10 Å². The lowest BCUT2D eigenvalue weighted by atomic mass is 9.81. The molecule has 0 aromatic carbocycles. The van der Waals surface area contributed by atoms with Gasteiger partial charge >= 0.3 is 5.97 Å². The highest BCUT2D eigenvalue weighted by Gasteiger charge is 2.38. The second-order valence-corrected chi connectivity index (χ2v) is 6.54. The minimum absolute atomic E-state index is 0.116. The van der Waals surface area contributed by atoms with Gasteiger partial charge in [0.05, 0.1) is 17.8 Å². The lowest BCUT2D eigenvalue weighted by molar-refractivity contribution is -0.163.